The number of ether oxygens (including phenoxy) is 1. The molecular formula is C40H58O2. The topological polar surface area (TPSA) is 29.5 Å². The predicted molar refractivity (Wildman–Crippen MR) is 174 cm³/mol. The van der Waals surface area contributed by atoms with Gasteiger partial charge in [-0.1, -0.05) is 102 Å². The lowest BCUT2D eigenvalue weighted by atomic mass is 9.43. The Bertz CT molecular complexity index is 1170. The van der Waals surface area contributed by atoms with Crippen LogP contribution in [-0.2, 0) is 6.61 Å². The zero-order chi connectivity index (χ0) is 29.5. The number of rotatable bonds is 9. The number of aliphatic hydroxyl groups is 1. The van der Waals surface area contributed by atoms with Gasteiger partial charge < -0.3 is 9.84 Å². The van der Waals surface area contributed by atoms with Gasteiger partial charge in [-0.3, -0.25) is 0 Å². The van der Waals surface area contributed by atoms with E-state index in [0.29, 0.717) is 17.9 Å². The fraction of sp³-hybridized carbons (Fsp3) is 0.700. The van der Waals surface area contributed by atoms with Crippen molar-refractivity contribution >= 4 is 0 Å². The van der Waals surface area contributed by atoms with E-state index in [0.717, 1.165) is 54.1 Å². The van der Waals surface area contributed by atoms with Crippen molar-refractivity contribution in [1.82, 2.24) is 0 Å². The Labute approximate surface area is 257 Å². The van der Waals surface area contributed by atoms with E-state index in [-0.39, 0.29) is 17.4 Å². The van der Waals surface area contributed by atoms with Crippen LogP contribution in [0.4, 0.5) is 0 Å². The molecule has 0 aromatic heterocycles. The highest BCUT2D eigenvalue weighted by molar-refractivity contribution is 5.38. The molecule has 10 atom stereocenters. The Morgan fingerprint density at radius 1 is 0.833 bits per heavy atom. The molecule has 1 N–H and O–H groups in total. The molecule has 4 fully saturated rings. The zero-order valence-corrected chi connectivity index (χ0v) is 27.2. The van der Waals surface area contributed by atoms with Gasteiger partial charge in [0.1, 0.15) is 12.4 Å². The lowest BCUT2D eigenvalue weighted by Crippen LogP contribution is -2.55. The Balaban J connectivity index is 1.15. The fourth-order valence-corrected chi connectivity index (χ4v) is 11.3. The van der Waals surface area contributed by atoms with Gasteiger partial charge in [0.15, 0.2) is 0 Å². The first-order valence-corrected chi connectivity index (χ1v) is 17.6. The Hall–Kier alpha value is -1.80. The first-order chi connectivity index (χ1) is 20.2. The number of hydrogen-bond donors (Lipinski definition) is 1. The summed E-state index contributed by atoms with van der Waals surface area (Å²) in [6, 6.07) is 19.0. The molecule has 0 unspecified atom stereocenters. The number of hydrogen-bond acceptors (Lipinski definition) is 2. The van der Waals surface area contributed by atoms with Gasteiger partial charge in [0.05, 0.1) is 6.10 Å². The van der Waals surface area contributed by atoms with Crippen LogP contribution in [0.5, 0.6) is 5.75 Å². The monoisotopic (exact) mass is 570 g/mol. The summed E-state index contributed by atoms with van der Waals surface area (Å²) in [4.78, 5) is 0. The van der Waals surface area contributed by atoms with Crippen LogP contribution >= 0.6 is 0 Å². The molecular weight excluding hydrogens is 512 g/mol. The second kappa shape index (κ2) is 12.3. The lowest BCUT2D eigenvalue weighted by molar-refractivity contribution is -0.138. The SMILES string of the molecule is CC(C)CCC[C@@H](C)[C@H]1CC[C@H]2[C@@H]3CC[C@H]4C[C@@H](c5ccccc5OCc5ccccc5)[C@H](O)C[C@]4(C)[C@H]3CC[C@]12C. The summed E-state index contributed by atoms with van der Waals surface area (Å²) in [5, 5.41) is 11.8. The van der Waals surface area contributed by atoms with Crippen molar-refractivity contribution in [3.05, 3.63) is 65.7 Å². The molecule has 6 rings (SSSR count). The van der Waals surface area contributed by atoms with Crippen molar-refractivity contribution < 1.29 is 9.84 Å². The van der Waals surface area contributed by atoms with Gasteiger partial charge in [-0.15, -0.1) is 0 Å². The van der Waals surface area contributed by atoms with Crippen LogP contribution in [0.15, 0.2) is 54.6 Å². The predicted octanol–water partition coefficient (Wildman–Crippen LogP) is 10.4. The fourth-order valence-electron chi connectivity index (χ4n) is 11.3. The summed E-state index contributed by atoms with van der Waals surface area (Å²) in [6.07, 6.45) is 14.4. The van der Waals surface area contributed by atoms with Crippen LogP contribution in [0.3, 0.4) is 0 Å². The third-order valence-electron chi connectivity index (χ3n) is 13.5. The van der Waals surface area contributed by atoms with Gasteiger partial charge in [-0.05, 0) is 121 Å². The van der Waals surface area contributed by atoms with Gasteiger partial charge in [-0.25, -0.2) is 0 Å². The summed E-state index contributed by atoms with van der Waals surface area (Å²) < 4.78 is 6.38. The quantitative estimate of drug-likeness (QED) is 0.325. The second-order valence-corrected chi connectivity index (χ2v) is 16.1. The van der Waals surface area contributed by atoms with E-state index in [1.165, 1.54) is 68.9 Å². The van der Waals surface area contributed by atoms with Crippen molar-refractivity contribution in [3.63, 3.8) is 0 Å². The van der Waals surface area contributed by atoms with Crippen molar-refractivity contribution in [2.24, 2.45) is 52.3 Å². The highest BCUT2D eigenvalue weighted by Gasteiger charge is 2.61. The molecule has 0 amide bonds. The first-order valence-electron chi connectivity index (χ1n) is 17.6. The van der Waals surface area contributed by atoms with E-state index in [1.54, 1.807) is 0 Å². The van der Waals surface area contributed by atoms with E-state index in [4.69, 9.17) is 4.74 Å². The van der Waals surface area contributed by atoms with Gasteiger partial charge in [0.25, 0.3) is 0 Å². The maximum absolute atomic E-state index is 11.8. The number of benzene rings is 2. The maximum atomic E-state index is 11.8. The first kappa shape index (κ1) is 30.2. The summed E-state index contributed by atoms with van der Waals surface area (Å²) >= 11 is 0. The highest BCUT2D eigenvalue weighted by Crippen LogP contribution is 2.69. The minimum Gasteiger partial charge on any atom is -0.489 e. The van der Waals surface area contributed by atoms with Crippen LogP contribution in [0, 0.1) is 52.3 Å². The van der Waals surface area contributed by atoms with Gasteiger partial charge in [0.2, 0.25) is 0 Å². The summed E-state index contributed by atoms with van der Waals surface area (Å²) in [7, 11) is 0. The van der Waals surface area contributed by atoms with E-state index in [2.05, 4.69) is 89.2 Å². The molecule has 230 valence electrons. The molecule has 4 saturated carbocycles. The van der Waals surface area contributed by atoms with Crippen LogP contribution in [0.25, 0.3) is 0 Å². The molecule has 2 heteroatoms. The molecule has 0 heterocycles. The molecule has 4 aliphatic rings. The summed E-state index contributed by atoms with van der Waals surface area (Å²) in [5.74, 6) is 6.97. The molecule has 2 nitrogen and oxygen atoms in total. The third kappa shape index (κ3) is 5.60. The minimum absolute atomic E-state index is 0.169. The molecule has 4 aliphatic carbocycles. The van der Waals surface area contributed by atoms with Gasteiger partial charge in [-0.2, -0.15) is 0 Å². The Morgan fingerprint density at radius 3 is 2.36 bits per heavy atom. The average Bonchev–Trinajstić information content (AvgIpc) is 3.33. The number of para-hydroxylation sites is 1. The van der Waals surface area contributed by atoms with E-state index >= 15 is 0 Å². The highest BCUT2D eigenvalue weighted by atomic mass is 16.5. The lowest BCUT2D eigenvalue weighted by Gasteiger charge is -2.62. The van der Waals surface area contributed by atoms with Crippen molar-refractivity contribution in [2.75, 3.05) is 0 Å². The Kier molecular flexibility index (Phi) is 8.85. The molecule has 0 aliphatic heterocycles. The normalized spacial score (nSPS) is 38.4. The summed E-state index contributed by atoms with van der Waals surface area (Å²) in [6.45, 7) is 13.2. The average molecular weight is 571 g/mol. The molecule has 0 radical (unpaired) electrons. The van der Waals surface area contributed by atoms with Gasteiger partial charge in [0, 0.05) is 5.92 Å². The molecule has 42 heavy (non-hydrogen) atoms. The third-order valence-corrected chi connectivity index (χ3v) is 13.5. The molecule has 0 spiro atoms. The molecule has 2 aromatic carbocycles. The van der Waals surface area contributed by atoms with Crippen LogP contribution in [0.1, 0.15) is 122 Å². The van der Waals surface area contributed by atoms with Crippen molar-refractivity contribution in [3.8, 4) is 5.75 Å². The number of fused-ring (bicyclic) bond motifs is 5. The van der Waals surface area contributed by atoms with Crippen molar-refractivity contribution in [2.45, 2.75) is 124 Å². The van der Waals surface area contributed by atoms with Crippen LogP contribution < -0.4 is 4.74 Å². The van der Waals surface area contributed by atoms with E-state index in [1.807, 2.05) is 0 Å². The van der Waals surface area contributed by atoms with Gasteiger partial charge >= 0.3 is 0 Å². The second-order valence-electron chi connectivity index (χ2n) is 16.1. The molecule has 0 saturated heterocycles. The maximum Gasteiger partial charge on any atom is 0.123 e. The minimum atomic E-state index is -0.294. The number of aliphatic hydroxyl groups excluding tert-OH is 1. The largest absolute Gasteiger partial charge is 0.489 e. The van der Waals surface area contributed by atoms with E-state index in [9.17, 15) is 5.11 Å². The van der Waals surface area contributed by atoms with Crippen LogP contribution in [0.2, 0.25) is 0 Å². The van der Waals surface area contributed by atoms with Crippen molar-refractivity contribution in [1.29, 1.82) is 0 Å². The molecule has 2 aromatic rings. The van der Waals surface area contributed by atoms with Crippen LogP contribution in [-0.4, -0.2) is 11.2 Å². The Morgan fingerprint density at radius 2 is 1.57 bits per heavy atom. The smallest absolute Gasteiger partial charge is 0.123 e. The summed E-state index contributed by atoms with van der Waals surface area (Å²) in [5.41, 5.74) is 3.20. The molecule has 0 bridgehead atoms. The van der Waals surface area contributed by atoms with E-state index < -0.39 is 0 Å². The zero-order valence-electron chi connectivity index (χ0n) is 27.2. The standard InChI is InChI=1S/C40H58O2/c1-27(2)12-11-13-28(3)34-20-21-35-32-19-18-30-24-33(37(41)25-40(30,5)36(32)22-23-39(34,35)4)31-16-9-10-17-38(31)42-26-29-14-7-6-8-15-29/h6-10,14-17,27-28,30,32-37,41H,11-13,18-26H2,1-5H3/t28-,30+,32+,33+,34-,35+,36+,37-,39-,40+/m1/s1.